The van der Waals surface area contributed by atoms with Gasteiger partial charge in [-0.2, -0.15) is 0 Å². The molecule has 1 unspecified atom stereocenters. The lowest BCUT2D eigenvalue weighted by atomic mass is 10.1. The number of amides is 3. The highest BCUT2D eigenvalue weighted by molar-refractivity contribution is 9.10. The van der Waals surface area contributed by atoms with Crippen LogP contribution in [0.3, 0.4) is 0 Å². The monoisotopic (exact) mass is 568 g/mol. The first-order valence-corrected chi connectivity index (χ1v) is 12.5. The van der Waals surface area contributed by atoms with Crippen molar-refractivity contribution in [1.82, 2.24) is 20.9 Å². The standard InChI is InChI=1S/C25H21BrN4O5S/c26-18-11-14(22(31)28-12-15-3-1-4-19-16(15)8-9-27-19)6-7-17(18)23(32)30-20(25(34)35)13-29-24(33)21-5-2-10-36-21/h1-11,20,27H,12-13H2,(H,28,31)(H,29,33)(H,30,32)(H,34,35). The predicted octanol–water partition coefficient (Wildman–Crippen LogP) is 3.53. The summed E-state index contributed by atoms with van der Waals surface area (Å²) in [6.45, 7) is 0.0369. The first-order valence-electron chi connectivity index (χ1n) is 10.8. The number of aromatic nitrogens is 1. The number of aliphatic carboxylic acids is 1. The number of carbonyl (C=O) groups is 4. The zero-order valence-electron chi connectivity index (χ0n) is 18.7. The molecule has 0 aliphatic heterocycles. The highest BCUT2D eigenvalue weighted by atomic mass is 79.9. The van der Waals surface area contributed by atoms with Crippen LogP contribution in [0.5, 0.6) is 0 Å². The second kappa shape index (κ2) is 11.2. The van der Waals surface area contributed by atoms with E-state index in [1.807, 2.05) is 30.5 Å². The number of hydrogen-bond acceptors (Lipinski definition) is 5. The smallest absolute Gasteiger partial charge is 0.328 e. The van der Waals surface area contributed by atoms with Crippen LogP contribution in [-0.2, 0) is 11.3 Å². The number of rotatable bonds is 9. The van der Waals surface area contributed by atoms with Gasteiger partial charge in [0.15, 0.2) is 0 Å². The fraction of sp³-hybridized carbons (Fsp3) is 0.120. The van der Waals surface area contributed by atoms with Gasteiger partial charge >= 0.3 is 5.97 Å². The lowest BCUT2D eigenvalue weighted by Gasteiger charge is -2.16. The third kappa shape index (κ3) is 5.81. The summed E-state index contributed by atoms with van der Waals surface area (Å²) >= 11 is 4.52. The first kappa shape index (κ1) is 25.1. The predicted molar refractivity (Wildman–Crippen MR) is 139 cm³/mol. The van der Waals surface area contributed by atoms with E-state index >= 15 is 0 Å². The zero-order valence-corrected chi connectivity index (χ0v) is 21.1. The van der Waals surface area contributed by atoms with Crippen LogP contribution in [0, 0.1) is 0 Å². The molecule has 3 amide bonds. The number of hydrogen-bond donors (Lipinski definition) is 5. The lowest BCUT2D eigenvalue weighted by molar-refractivity contribution is -0.139. The van der Waals surface area contributed by atoms with E-state index in [9.17, 15) is 24.3 Å². The normalized spacial score (nSPS) is 11.6. The van der Waals surface area contributed by atoms with E-state index < -0.39 is 23.8 Å². The maximum atomic E-state index is 12.7. The molecule has 2 aromatic heterocycles. The Kier molecular flexibility index (Phi) is 7.81. The molecule has 0 spiro atoms. The SMILES string of the molecule is O=C(NCc1cccc2[nH]ccc12)c1ccc(C(=O)NC(CNC(=O)c2cccs2)C(=O)O)c(Br)c1. The van der Waals surface area contributed by atoms with Crippen LogP contribution in [0.25, 0.3) is 10.9 Å². The molecule has 11 heteroatoms. The highest BCUT2D eigenvalue weighted by Crippen LogP contribution is 2.20. The van der Waals surface area contributed by atoms with Crippen LogP contribution < -0.4 is 16.0 Å². The Morgan fingerprint density at radius 1 is 0.972 bits per heavy atom. The molecular formula is C25H21BrN4O5S. The van der Waals surface area contributed by atoms with E-state index in [0.29, 0.717) is 21.5 Å². The zero-order chi connectivity index (χ0) is 25.7. The van der Waals surface area contributed by atoms with Crippen LogP contribution >= 0.6 is 27.3 Å². The second-order valence-corrected chi connectivity index (χ2v) is 9.59. The van der Waals surface area contributed by atoms with Crippen molar-refractivity contribution in [3.8, 4) is 0 Å². The number of H-pyrrole nitrogens is 1. The maximum Gasteiger partial charge on any atom is 0.328 e. The van der Waals surface area contributed by atoms with Crippen LogP contribution in [0.1, 0.15) is 36.0 Å². The molecule has 0 saturated carbocycles. The average molecular weight is 569 g/mol. The highest BCUT2D eigenvalue weighted by Gasteiger charge is 2.23. The van der Waals surface area contributed by atoms with Gasteiger partial charge in [0.25, 0.3) is 17.7 Å². The number of nitrogens with one attached hydrogen (secondary N) is 4. The van der Waals surface area contributed by atoms with Gasteiger partial charge in [-0.1, -0.05) is 18.2 Å². The van der Waals surface area contributed by atoms with Crippen molar-refractivity contribution >= 4 is 61.9 Å². The fourth-order valence-corrected chi connectivity index (χ4v) is 4.75. The molecule has 1 atom stereocenters. The molecular weight excluding hydrogens is 548 g/mol. The van der Waals surface area contributed by atoms with Crippen molar-refractivity contribution in [2.45, 2.75) is 12.6 Å². The van der Waals surface area contributed by atoms with Gasteiger partial charge in [0.2, 0.25) is 0 Å². The molecule has 0 fully saturated rings. The number of carbonyl (C=O) groups excluding carboxylic acids is 3. The number of halogens is 1. The van der Waals surface area contributed by atoms with Gasteiger partial charge in [-0.05, 0) is 63.3 Å². The van der Waals surface area contributed by atoms with E-state index in [4.69, 9.17) is 0 Å². The minimum absolute atomic E-state index is 0.152. The third-order valence-corrected chi connectivity index (χ3v) is 6.94. The van der Waals surface area contributed by atoms with Crippen molar-refractivity contribution in [2.24, 2.45) is 0 Å². The Morgan fingerprint density at radius 3 is 2.53 bits per heavy atom. The third-order valence-electron chi connectivity index (χ3n) is 5.42. The summed E-state index contributed by atoms with van der Waals surface area (Å²) in [5, 5.41) is 20.0. The van der Waals surface area contributed by atoms with Gasteiger partial charge in [-0.15, -0.1) is 11.3 Å². The van der Waals surface area contributed by atoms with Gasteiger partial charge in [0, 0.05) is 40.2 Å². The van der Waals surface area contributed by atoms with Gasteiger partial charge in [-0.3, -0.25) is 14.4 Å². The summed E-state index contributed by atoms with van der Waals surface area (Å²) in [6.07, 6.45) is 1.84. The molecule has 0 saturated heterocycles. The average Bonchev–Trinajstić information content (AvgIpc) is 3.57. The quantitative estimate of drug-likeness (QED) is 0.210. The lowest BCUT2D eigenvalue weighted by Crippen LogP contribution is -2.48. The summed E-state index contributed by atoms with van der Waals surface area (Å²) in [5.41, 5.74) is 2.42. The topological polar surface area (TPSA) is 140 Å². The molecule has 4 aromatic rings. The molecule has 2 heterocycles. The maximum absolute atomic E-state index is 12.7. The van der Waals surface area contributed by atoms with E-state index in [1.54, 1.807) is 17.5 Å². The molecule has 0 aliphatic carbocycles. The van der Waals surface area contributed by atoms with E-state index in [1.165, 1.54) is 29.5 Å². The number of benzene rings is 2. The first-order chi connectivity index (χ1) is 17.3. The van der Waals surface area contributed by atoms with Gasteiger partial charge in [-0.25, -0.2) is 4.79 Å². The molecule has 9 nitrogen and oxygen atoms in total. The van der Waals surface area contributed by atoms with E-state index in [2.05, 4.69) is 36.9 Å². The Balaban J connectivity index is 1.37. The van der Waals surface area contributed by atoms with Gasteiger partial charge in [0.05, 0.1) is 10.4 Å². The fourth-order valence-electron chi connectivity index (χ4n) is 3.55. The molecule has 2 aromatic carbocycles. The van der Waals surface area contributed by atoms with E-state index in [-0.39, 0.29) is 18.0 Å². The van der Waals surface area contributed by atoms with Crippen LogP contribution in [0.4, 0.5) is 0 Å². The van der Waals surface area contributed by atoms with Crippen molar-refractivity contribution in [3.05, 3.63) is 92.2 Å². The Morgan fingerprint density at radius 2 is 1.81 bits per heavy atom. The van der Waals surface area contributed by atoms with Gasteiger partial charge < -0.3 is 26.0 Å². The summed E-state index contributed by atoms with van der Waals surface area (Å²) in [6, 6.07) is 14.1. The van der Waals surface area contributed by atoms with Crippen molar-refractivity contribution in [3.63, 3.8) is 0 Å². The molecule has 0 bridgehead atoms. The Labute approximate surface area is 218 Å². The number of carboxylic acid groups (broad SMARTS) is 1. The molecule has 36 heavy (non-hydrogen) atoms. The molecule has 0 radical (unpaired) electrons. The summed E-state index contributed by atoms with van der Waals surface area (Å²) in [5.74, 6) is -2.70. The van der Waals surface area contributed by atoms with Crippen LogP contribution in [0.15, 0.2) is 70.6 Å². The molecule has 184 valence electrons. The number of thiophene rings is 1. The van der Waals surface area contributed by atoms with Crippen molar-refractivity contribution < 1.29 is 24.3 Å². The van der Waals surface area contributed by atoms with Crippen LogP contribution in [0.2, 0.25) is 0 Å². The largest absolute Gasteiger partial charge is 0.480 e. The Hall–Kier alpha value is -3.96. The molecule has 4 rings (SSSR count). The van der Waals surface area contributed by atoms with Crippen LogP contribution in [-0.4, -0.2) is 46.4 Å². The molecule has 0 aliphatic rings. The van der Waals surface area contributed by atoms with E-state index in [0.717, 1.165) is 16.5 Å². The van der Waals surface area contributed by atoms with Crippen molar-refractivity contribution in [1.29, 1.82) is 0 Å². The molecule has 5 N–H and O–H groups in total. The second-order valence-electron chi connectivity index (χ2n) is 7.78. The number of carboxylic acids is 1. The number of fused-ring (bicyclic) bond motifs is 1. The van der Waals surface area contributed by atoms with Crippen molar-refractivity contribution in [2.75, 3.05) is 6.54 Å². The Bertz CT molecular complexity index is 1430. The number of aromatic amines is 1. The summed E-state index contributed by atoms with van der Waals surface area (Å²) in [4.78, 5) is 52.7. The van der Waals surface area contributed by atoms with Gasteiger partial charge in [0.1, 0.15) is 6.04 Å². The minimum atomic E-state index is -1.34. The summed E-state index contributed by atoms with van der Waals surface area (Å²) in [7, 11) is 0. The minimum Gasteiger partial charge on any atom is -0.480 e. The summed E-state index contributed by atoms with van der Waals surface area (Å²) < 4.78 is 0.326.